The summed E-state index contributed by atoms with van der Waals surface area (Å²) in [6, 6.07) is 20.1. The average Bonchev–Trinajstić information content (AvgIpc) is 2.92. The Balaban J connectivity index is 1.19. The summed E-state index contributed by atoms with van der Waals surface area (Å²) in [7, 11) is 0. The van der Waals surface area contributed by atoms with Crippen molar-refractivity contribution in [3.05, 3.63) is 96.7 Å². The van der Waals surface area contributed by atoms with Gasteiger partial charge >= 0.3 is 0 Å². The van der Waals surface area contributed by atoms with Crippen molar-refractivity contribution in [2.24, 2.45) is 5.41 Å². The first-order valence-electron chi connectivity index (χ1n) is 12.2. The molecule has 4 aromatic rings. The standard InChI is InChI=1S/C28H29FN6OS/c29-22-4-6-23(7-5-22)32-26-12-15-31-27(34-26)33-24-8-10-25(11-9-24)37-35-16-2-13-28(19-35,20-36)17-21-3-1-14-30-18-21/h1,3-12,14-15,18,36H,2,13,16-17,19-20H2,(H2,31,32,33,34). The van der Waals surface area contributed by atoms with Gasteiger partial charge in [-0.15, -0.1) is 0 Å². The van der Waals surface area contributed by atoms with Gasteiger partial charge in [0.25, 0.3) is 0 Å². The van der Waals surface area contributed by atoms with Gasteiger partial charge in [0.05, 0.1) is 6.61 Å². The lowest BCUT2D eigenvalue weighted by Crippen LogP contribution is -2.43. The Hall–Kier alpha value is -3.53. The van der Waals surface area contributed by atoms with Gasteiger partial charge in [-0.3, -0.25) is 4.98 Å². The number of halogens is 1. The molecule has 1 saturated heterocycles. The summed E-state index contributed by atoms with van der Waals surface area (Å²) in [6.45, 7) is 1.97. The molecule has 3 heterocycles. The number of anilines is 4. The highest BCUT2D eigenvalue weighted by Gasteiger charge is 2.35. The second-order valence-electron chi connectivity index (χ2n) is 9.30. The number of piperidine rings is 1. The lowest BCUT2D eigenvalue weighted by atomic mass is 9.77. The summed E-state index contributed by atoms with van der Waals surface area (Å²) in [5, 5.41) is 16.7. The van der Waals surface area contributed by atoms with Crippen molar-refractivity contribution < 1.29 is 9.50 Å². The summed E-state index contributed by atoms with van der Waals surface area (Å²) < 4.78 is 15.5. The second kappa shape index (κ2) is 11.7. The number of hydrogen-bond acceptors (Lipinski definition) is 8. The van der Waals surface area contributed by atoms with Gasteiger partial charge in [-0.25, -0.2) is 13.7 Å². The minimum atomic E-state index is -0.282. The predicted octanol–water partition coefficient (Wildman–Crippen LogP) is 5.82. The van der Waals surface area contributed by atoms with Gasteiger partial charge in [-0.05, 0) is 97.4 Å². The van der Waals surface area contributed by atoms with E-state index in [-0.39, 0.29) is 17.8 Å². The van der Waals surface area contributed by atoms with Crippen molar-refractivity contribution in [3.8, 4) is 0 Å². The number of nitrogens with one attached hydrogen (secondary N) is 2. The van der Waals surface area contributed by atoms with Crippen LogP contribution in [0.4, 0.5) is 27.5 Å². The van der Waals surface area contributed by atoms with Crippen LogP contribution in [0.5, 0.6) is 0 Å². The highest BCUT2D eigenvalue weighted by Crippen LogP contribution is 2.38. The van der Waals surface area contributed by atoms with Gasteiger partial charge in [0.2, 0.25) is 5.95 Å². The number of nitrogens with zero attached hydrogens (tertiary/aromatic N) is 4. The van der Waals surface area contributed by atoms with Crippen LogP contribution in [-0.4, -0.2) is 44.1 Å². The number of hydrogen-bond donors (Lipinski definition) is 3. The van der Waals surface area contributed by atoms with Crippen LogP contribution in [0.25, 0.3) is 0 Å². The fraction of sp³-hybridized carbons (Fsp3) is 0.250. The van der Waals surface area contributed by atoms with Crippen LogP contribution in [0.1, 0.15) is 18.4 Å². The maximum Gasteiger partial charge on any atom is 0.229 e. The number of benzene rings is 2. The van der Waals surface area contributed by atoms with E-state index in [0.29, 0.717) is 11.8 Å². The molecule has 1 aliphatic heterocycles. The van der Waals surface area contributed by atoms with E-state index in [1.54, 1.807) is 42.5 Å². The minimum absolute atomic E-state index is 0.153. The molecule has 1 fully saturated rings. The lowest BCUT2D eigenvalue weighted by molar-refractivity contribution is 0.0681. The maximum absolute atomic E-state index is 13.1. The van der Waals surface area contributed by atoms with Crippen molar-refractivity contribution in [1.29, 1.82) is 0 Å². The molecule has 0 amide bonds. The molecule has 0 aliphatic carbocycles. The van der Waals surface area contributed by atoms with E-state index in [1.165, 1.54) is 12.1 Å². The van der Waals surface area contributed by atoms with E-state index in [4.69, 9.17) is 0 Å². The van der Waals surface area contributed by atoms with Gasteiger partial charge < -0.3 is 15.7 Å². The Morgan fingerprint density at radius 1 is 0.973 bits per heavy atom. The summed E-state index contributed by atoms with van der Waals surface area (Å²) >= 11 is 1.72. The first-order valence-corrected chi connectivity index (χ1v) is 13.0. The van der Waals surface area contributed by atoms with Gasteiger partial charge in [-0.1, -0.05) is 6.07 Å². The fourth-order valence-corrected chi connectivity index (χ4v) is 5.67. The largest absolute Gasteiger partial charge is 0.396 e. The normalized spacial score (nSPS) is 17.9. The molecule has 0 bridgehead atoms. The third kappa shape index (κ3) is 6.82. The summed E-state index contributed by atoms with van der Waals surface area (Å²) in [5.41, 5.74) is 2.64. The summed E-state index contributed by atoms with van der Waals surface area (Å²) in [4.78, 5) is 14.2. The van der Waals surface area contributed by atoms with Crippen LogP contribution in [0.15, 0.2) is 90.2 Å². The van der Waals surface area contributed by atoms with Gasteiger partial charge in [0, 0.05) is 53.4 Å². The third-order valence-electron chi connectivity index (χ3n) is 6.38. The van der Waals surface area contributed by atoms with E-state index in [2.05, 4.69) is 48.1 Å². The molecule has 0 radical (unpaired) electrons. The molecule has 2 aromatic carbocycles. The minimum Gasteiger partial charge on any atom is -0.396 e. The van der Waals surface area contributed by atoms with E-state index < -0.39 is 0 Å². The molecule has 190 valence electrons. The zero-order valence-electron chi connectivity index (χ0n) is 20.3. The van der Waals surface area contributed by atoms with Crippen molar-refractivity contribution >= 4 is 35.1 Å². The molecular weight excluding hydrogens is 487 g/mol. The highest BCUT2D eigenvalue weighted by molar-refractivity contribution is 7.97. The topological polar surface area (TPSA) is 86.2 Å². The van der Waals surface area contributed by atoms with Gasteiger partial charge in [-0.2, -0.15) is 4.98 Å². The molecule has 1 unspecified atom stereocenters. The van der Waals surface area contributed by atoms with Crippen LogP contribution in [-0.2, 0) is 6.42 Å². The molecule has 1 aliphatic rings. The fourth-order valence-electron chi connectivity index (χ4n) is 4.55. The summed E-state index contributed by atoms with van der Waals surface area (Å²) in [5.74, 6) is 0.793. The molecular formula is C28H29FN6OS. The number of aliphatic hydroxyl groups is 1. The average molecular weight is 517 g/mol. The first-order chi connectivity index (χ1) is 18.1. The third-order valence-corrected chi connectivity index (χ3v) is 7.43. The maximum atomic E-state index is 13.1. The summed E-state index contributed by atoms with van der Waals surface area (Å²) in [6.07, 6.45) is 8.23. The lowest BCUT2D eigenvalue weighted by Gasteiger charge is -2.41. The van der Waals surface area contributed by atoms with Gasteiger partial charge in [0.15, 0.2) is 0 Å². The van der Waals surface area contributed by atoms with E-state index in [9.17, 15) is 9.50 Å². The Morgan fingerprint density at radius 2 is 1.76 bits per heavy atom. The molecule has 7 nitrogen and oxygen atoms in total. The van der Waals surface area contributed by atoms with E-state index >= 15 is 0 Å². The smallest absolute Gasteiger partial charge is 0.229 e. The van der Waals surface area contributed by atoms with Crippen LogP contribution in [0.3, 0.4) is 0 Å². The zero-order valence-corrected chi connectivity index (χ0v) is 21.2. The Bertz CT molecular complexity index is 1290. The molecule has 37 heavy (non-hydrogen) atoms. The Kier molecular flexibility index (Phi) is 7.93. The number of rotatable bonds is 9. The van der Waals surface area contributed by atoms with Crippen molar-refractivity contribution in [2.45, 2.75) is 24.2 Å². The van der Waals surface area contributed by atoms with E-state index in [0.717, 1.165) is 54.2 Å². The van der Waals surface area contributed by atoms with Crippen molar-refractivity contribution in [2.75, 3.05) is 30.3 Å². The molecule has 9 heteroatoms. The molecule has 0 saturated carbocycles. The quantitative estimate of drug-likeness (QED) is 0.240. The van der Waals surface area contributed by atoms with Crippen molar-refractivity contribution in [1.82, 2.24) is 19.3 Å². The van der Waals surface area contributed by atoms with Crippen LogP contribution >= 0.6 is 11.9 Å². The molecule has 3 N–H and O–H groups in total. The van der Waals surface area contributed by atoms with Crippen molar-refractivity contribution in [3.63, 3.8) is 0 Å². The van der Waals surface area contributed by atoms with Gasteiger partial charge in [0.1, 0.15) is 11.6 Å². The molecule has 0 spiro atoms. The van der Waals surface area contributed by atoms with E-state index in [1.807, 2.05) is 24.4 Å². The van der Waals surface area contributed by atoms with Crippen LogP contribution in [0, 0.1) is 11.2 Å². The number of aliphatic hydroxyl groups excluding tert-OH is 1. The first kappa shape index (κ1) is 25.1. The predicted molar refractivity (Wildman–Crippen MR) is 146 cm³/mol. The monoisotopic (exact) mass is 516 g/mol. The Morgan fingerprint density at radius 3 is 2.51 bits per heavy atom. The molecule has 2 aromatic heterocycles. The zero-order chi connectivity index (χ0) is 25.5. The van der Waals surface area contributed by atoms with Crippen LogP contribution < -0.4 is 10.6 Å². The Labute approximate surface area is 220 Å². The molecule has 1 atom stereocenters. The van der Waals surface area contributed by atoms with Crippen LogP contribution in [0.2, 0.25) is 0 Å². The second-order valence-corrected chi connectivity index (χ2v) is 10.5. The SMILES string of the molecule is OCC1(Cc2cccnc2)CCCN(Sc2ccc(Nc3nccc(Nc4ccc(F)cc4)n3)cc2)C1. The number of aromatic nitrogens is 3. The number of pyridine rings is 1. The molecule has 5 rings (SSSR count). The highest BCUT2D eigenvalue weighted by atomic mass is 32.2.